The third-order valence-electron chi connectivity index (χ3n) is 5.57. The average Bonchev–Trinajstić information content (AvgIpc) is 3.09. The fraction of sp³-hybridized carbons (Fsp3) is 0.160. The Hall–Kier alpha value is -3.35. The fourth-order valence-corrected chi connectivity index (χ4v) is 4.24. The van der Waals surface area contributed by atoms with E-state index >= 15 is 0 Å². The van der Waals surface area contributed by atoms with Gasteiger partial charge in [-0.05, 0) is 60.0 Å². The number of fused-ring (bicyclic) bond motifs is 1. The molecule has 0 radical (unpaired) electrons. The number of anilines is 1. The molecule has 8 heteroatoms. The highest BCUT2D eigenvalue weighted by Crippen LogP contribution is 2.36. The monoisotopic (exact) mass is 482 g/mol. The van der Waals surface area contributed by atoms with E-state index in [4.69, 9.17) is 28.3 Å². The van der Waals surface area contributed by atoms with Gasteiger partial charge in [0.25, 0.3) is 5.91 Å². The van der Waals surface area contributed by atoms with Crippen LogP contribution in [0.2, 0.25) is 10.0 Å². The van der Waals surface area contributed by atoms with Crippen LogP contribution in [0.15, 0.2) is 60.7 Å². The highest BCUT2D eigenvalue weighted by Gasteiger charge is 2.32. The number of amides is 2. The van der Waals surface area contributed by atoms with Crippen molar-refractivity contribution >= 4 is 46.7 Å². The Labute approximate surface area is 200 Å². The largest absolute Gasteiger partial charge is 0.478 e. The number of carboxylic acids is 1. The summed E-state index contributed by atoms with van der Waals surface area (Å²) in [6.07, 6.45) is 0.163. The van der Waals surface area contributed by atoms with Gasteiger partial charge in [0.05, 0.1) is 35.8 Å². The van der Waals surface area contributed by atoms with Gasteiger partial charge in [0.2, 0.25) is 5.91 Å². The number of aromatic carboxylic acids is 1. The van der Waals surface area contributed by atoms with E-state index in [0.29, 0.717) is 33.4 Å². The zero-order valence-electron chi connectivity index (χ0n) is 17.6. The summed E-state index contributed by atoms with van der Waals surface area (Å²) in [5.74, 6) is -1.51. The summed E-state index contributed by atoms with van der Waals surface area (Å²) in [7, 11) is 0. The molecule has 168 valence electrons. The van der Waals surface area contributed by atoms with E-state index in [1.54, 1.807) is 48.2 Å². The van der Waals surface area contributed by atoms with Crippen LogP contribution in [-0.2, 0) is 17.8 Å². The molecule has 0 unspecified atom stereocenters. The number of halogens is 2. The quantitative estimate of drug-likeness (QED) is 0.500. The first-order valence-electron chi connectivity index (χ1n) is 10.2. The van der Waals surface area contributed by atoms with Crippen molar-refractivity contribution in [1.82, 2.24) is 5.32 Å². The second-order valence-electron chi connectivity index (χ2n) is 7.87. The third kappa shape index (κ3) is 4.87. The summed E-state index contributed by atoms with van der Waals surface area (Å²) in [5.41, 5.74) is 3.36. The zero-order chi connectivity index (χ0) is 23.7. The Morgan fingerprint density at radius 1 is 1.03 bits per heavy atom. The molecule has 0 spiro atoms. The molecule has 0 aromatic heterocycles. The van der Waals surface area contributed by atoms with Gasteiger partial charge in [-0.15, -0.1) is 0 Å². The minimum Gasteiger partial charge on any atom is -0.478 e. The van der Waals surface area contributed by atoms with Crippen molar-refractivity contribution in [2.24, 2.45) is 0 Å². The summed E-state index contributed by atoms with van der Waals surface area (Å²) in [6.45, 7) is 2.10. The molecule has 0 saturated heterocycles. The Morgan fingerprint density at radius 3 is 2.33 bits per heavy atom. The predicted molar refractivity (Wildman–Crippen MR) is 127 cm³/mol. The predicted octanol–water partition coefficient (Wildman–Crippen LogP) is 5.27. The third-order valence-corrected chi connectivity index (χ3v) is 6.04. The van der Waals surface area contributed by atoms with Crippen LogP contribution in [0.25, 0.3) is 0 Å². The van der Waals surface area contributed by atoms with Gasteiger partial charge in [-0.3, -0.25) is 9.59 Å². The Kier molecular flexibility index (Phi) is 6.40. The minimum atomic E-state index is -1.02. The van der Waals surface area contributed by atoms with Crippen LogP contribution in [0.5, 0.6) is 0 Å². The topological polar surface area (TPSA) is 86.7 Å². The normalized spacial score (nSPS) is 13.5. The molecule has 3 aromatic rings. The maximum Gasteiger partial charge on any atom is 0.335 e. The first-order valence-corrected chi connectivity index (χ1v) is 11.0. The van der Waals surface area contributed by atoms with E-state index in [2.05, 4.69) is 5.32 Å². The highest BCUT2D eigenvalue weighted by atomic mass is 35.5. The van der Waals surface area contributed by atoms with Crippen LogP contribution in [0.1, 0.15) is 50.4 Å². The summed E-state index contributed by atoms with van der Waals surface area (Å²) >= 11 is 12.2. The van der Waals surface area contributed by atoms with Crippen molar-refractivity contribution in [2.75, 3.05) is 4.90 Å². The van der Waals surface area contributed by atoms with Crippen molar-refractivity contribution in [3.8, 4) is 0 Å². The van der Waals surface area contributed by atoms with Gasteiger partial charge in [-0.25, -0.2) is 4.79 Å². The molecule has 1 heterocycles. The molecule has 0 bridgehead atoms. The molecule has 1 aliphatic rings. The van der Waals surface area contributed by atoms with Gasteiger partial charge in [0.1, 0.15) is 0 Å². The van der Waals surface area contributed by atoms with E-state index in [9.17, 15) is 14.4 Å². The molecule has 0 fully saturated rings. The maximum atomic E-state index is 13.2. The number of carboxylic acid groups (broad SMARTS) is 1. The molecular weight excluding hydrogens is 463 g/mol. The molecule has 3 aromatic carbocycles. The fourth-order valence-electron chi connectivity index (χ4n) is 3.88. The molecule has 1 aliphatic heterocycles. The number of hydrogen-bond donors (Lipinski definition) is 2. The second-order valence-corrected chi connectivity index (χ2v) is 8.74. The summed E-state index contributed by atoms with van der Waals surface area (Å²) < 4.78 is 0. The molecule has 0 aliphatic carbocycles. The molecule has 0 saturated carbocycles. The van der Waals surface area contributed by atoms with Crippen LogP contribution in [0.3, 0.4) is 0 Å². The zero-order valence-corrected chi connectivity index (χ0v) is 19.2. The number of nitrogens with one attached hydrogen (secondary N) is 1. The van der Waals surface area contributed by atoms with E-state index in [1.807, 2.05) is 12.1 Å². The van der Waals surface area contributed by atoms with Gasteiger partial charge in [-0.2, -0.15) is 0 Å². The number of carbonyl (C=O) groups excluding carboxylic acids is 2. The molecule has 2 amide bonds. The van der Waals surface area contributed by atoms with E-state index < -0.39 is 12.0 Å². The van der Waals surface area contributed by atoms with Gasteiger partial charge in [0.15, 0.2) is 0 Å². The number of rotatable bonds is 6. The van der Waals surface area contributed by atoms with Crippen molar-refractivity contribution in [2.45, 2.75) is 25.9 Å². The molecular formula is C25H20Cl2N2O4. The van der Waals surface area contributed by atoms with E-state index in [1.165, 1.54) is 12.1 Å². The number of nitrogens with zero attached hydrogens (tertiary/aromatic N) is 1. The number of benzene rings is 3. The van der Waals surface area contributed by atoms with Crippen LogP contribution in [0.4, 0.5) is 5.69 Å². The maximum absolute atomic E-state index is 13.2. The minimum absolute atomic E-state index is 0.117. The highest BCUT2D eigenvalue weighted by molar-refractivity contribution is 6.31. The van der Waals surface area contributed by atoms with Gasteiger partial charge in [0, 0.05) is 10.0 Å². The lowest BCUT2D eigenvalue weighted by Crippen LogP contribution is -2.31. The van der Waals surface area contributed by atoms with Crippen molar-refractivity contribution in [3.05, 3.63) is 98.5 Å². The second kappa shape index (κ2) is 9.25. The van der Waals surface area contributed by atoms with Crippen LogP contribution in [-0.4, -0.2) is 22.9 Å². The smallest absolute Gasteiger partial charge is 0.335 e. The Bertz CT molecular complexity index is 1240. The first kappa shape index (κ1) is 22.8. The molecule has 1 atom stereocenters. The lowest BCUT2D eigenvalue weighted by atomic mass is 10.0. The van der Waals surface area contributed by atoms with Gasteiger partial charge >= 0.3 is 5.97 Å². The van der Waals surface area contributed by atoms with E-state index in [-0.39, 0.29) is 23.8 Å². The molecule has 4 rings (SSSR count). The van der Waals surface area contributed by atoms with E-state index in [0.717, 1.165) is 11.1 Å². The van der Waals surface area contributed by atoms with Crippen LogP contribution >= 0.6 is 23.2 Å². The molecule has 33 heavy (non-hydrogen) atoms. The molecule has 2 N–H and O–H groups in total. The van der Waals surface area contributed by atoms with Crippen molar-refractivity contribution < 1.29 is 19.5 Å². The Balaban J connectivity index is 1.61. The van der Waals surface area contributed by atoms with Gasteiger partial charge < -0.3 is 15.3 Å². The van der Waals surface area contributed by atoms with Crippen molar-refractivity contribution in [3.63, 3.8) is 0 Å². The van der Waals surface area contributed by atoms with Crippen LogP contribution in [0, 0.1) is 0 Å². The Morgan fingerprint density at radius 2 is 1.70 bits per heavy atom. The standard InChI is InChI=1S/C25H20Cl2N2O4/c1-14(16-4-6-17(7-5-16)25(32)33)28-24(31)21-12-20(27)10-18-11-22(30)29(23(18)21)13-15-2-8-19(26)9-3-15/h2-10,12,14H,11,13H2,1H3,(H,28,31)(H,32,33)/t14-/m0/s1. The lowest BCUT2D eigenvalue weighted by Gasteiger charge is -2.22. The lowest BCUT2D eigenvalue weighted by molar-refractivity contribution is -0.117. The SMILES string of the molecule is C[C@H](NC(=O)c1cc(Cl)cc2c1N(Cc1ccc(Cl)cc1)C(=O)C2)c1ccc(C(=O)O)cc1. The molecule has 6 nitrogen and oxygen atoms in total. The van der Waals surface area contributed by atoms with Gasteiger partial charge in [-0.1, -0.05) is 47.5 Å². The summed E-state index contributed by atoms with van der Waals surface area (Å²) in [5, 5.41) is 13.0. The number of hydrogen-bond acceptors (Lipinski definition) is 3. The van der Waals surface area contributed by atoms with Crippen molar-refractivity contribution in [1.29, 1.82) is 0 Å². The van der Waals surface area contributed by atoms with Crippen LogP contribution < -0.4 is 10.2 Å². The summed E-state index contributed by atoms with van der Waals surface area (Å²) in [4.78, 5) is 38.7. The number of carbonyl (C=O) groups is 3. The summed E-state index contributed by atoms with van der Waals surface area (Å²) in [6, 6.07) is 16.4. The average molecular weight is 483 g/mol. The first-order chi connectivity index (χ1) is 15.7.